The summed E-state index contributed by atoms with van der Waals surface area (Å²) in [5, 5.41) is 3.39. The fourth-order valence-corrected chi connectivity index (χ4v) is 3.96. The number of ether oxygens (including phenoxy) is 1. The van der Waals surface area contributed by atoms with Crippen LogP contribution in [0, 0.1) is 0 Å². The van der Waals surface area contributed by atoms with E-state index in [0.717, 1.165) is 5.57 Å². The minimum Gasteiger partial charge on any atom is -0.460 e. The van der Waals surface area contributed by atoms with Gasteiger partial charge in [0.25, 0.3) is 10.0 Å². The molecule has 1 aliphatic heterocycles. The van der Waals surface area contributed by atoms with Crippen molar-refractivity contribution in [3.63, 3.8) is 0 Å². The van der Waals surface area contributed by atoms with E-state index in [9.17, 15) is 13.2 Å². The SMILES string of the molecule is C=C(C)CNC(=S)N1CCN(S(=O)(=O)c2ccc(C(=O)OCC)o2)CC1. The molecular formula is C16H23N3O5S2. The summed E-state index contributed by atoms with van der Waals surface area (Å²) in [7, 11) is -3.81. The summed E-state index contributed by atoms with van der Waals surface area (Å²) >= 11 is 5.31. The fourth-order valence-electron chi connectivity index (χ4n) is 2.37. The van der Waals surface area contributed by atoms with Crippen molar-refractivity contribution in [2.24, 2.45) is 0 Å². The highest BCUT2D eigenvalue weighted by Gasteiger charge is 2.32. The van der Waals surface area contributed by atoms with Gasteiger partial charge in [0.15, 0.2) is 5.11 Å². The Labute approximate surface area is 158 Å². The number of hydrogen-bond donors (Lipinski definition) is 1. The van der Waals surface area contributed by atoms with E-state index in [1.54, 1.807) is 6.92 Å². The third-order valence-electron chi connectivity index (χ3n) is 3.72. The number of esters is 1. The van der Waals surface area contributed by atoms with Gasteiger partial charge in [0.2, 0.25) is 10.9 Å². The van der Waals surface area contributed by atoms with E-state index in [4.69, 9.17) is 21.4 Å². The Balaban J connectivity index is 1.98. The lowest BCUT2D eigenvalue weighted by Gasteiger charge is -2.35. The Kier molecular flexibility index (Phi) is 6.79. The summed E-state index contributed by atoms with van der Waals surface area (Å²) in [5.74, 6) is -0.818. The number of nitrogens with zero attached hydrogens (tertiary/aromatic N) is 2. The summed E-state index contributed by atoms with van der Waals surface area (Å²) in [6.07, 6.45) is 0. The van der Waals surface area contributed by atoms with E-state index in [2.05, 4.69) is 11.9 Å². The lowest BCUT2D eigenvalue weighted by Crippen LogP contribution is -2.53. The molecule has 0 aliphatic carbocycles. The molecule has 1 fully saturated rings. The van der Waals surface area contributed by atoms with Gasteiger partial charge >= 0.3 is 5.97 Å². The maximum Gasteiger partial charge on any atom is 0.374 e. The highest BCUT2D eigenvalue weighted by atomic mass is 32.2. The number of hydrogen-bond acceptors (Lipinski definition) is 6. The molecule has 26 heavy (non-hydrogen) atoms. The van der Waals surface area contributed by atoms with Gasteiger partial charge in [-0.3, -0.25) is 0 Å². The third kappa shape index (κ3) is 4.83. The number of piperazine rings is 1. The smallest absolute Gasteiger partial charge is 0.374 e. The molecule has 1 saturated heterocycles. The monoisotopic (exact) mass is 401 g/mol. The zero-order valence-electron chi connectivity index (χ0n) is 14.9. The maximum atomic E-state index is 12.7. The molecule has 8 nitrogen and oxygen atoms in total. The van der Waals surface area contributed by atoms with Gasteiger partial charge in [0, 0.05) is 32.7 Å². The highest BCUT2D eigenvalue weighted by Crippen LogP contribution is 2.21. The molecule has 0 amide bonds. The van der Waals surface area contributed by atoms with Crippen LogP contribution < -0.4 is 5.32 Å². The molecule has 0 radical (unpaired) electrons. The topological polar surface area (TPSA) is 92.1 Å². The van der Waals surface area contributed by atoms with Crippen molar-refractivity contribution in [2.75, 3.05) is 39.3 Å². The third-order valence-corrected chi connectivity index (χ3v) is 5.89. The Morgan fingerprint density at radius 1 is 1.35 bits per heavy atom. The number of carbonyl (C=O) groups excluding carboxylic acids is 1. The second-order valence-corrected chi connectivity index (χ2v) is 8.10. The number of thiocarbonyl (C=S) groups is 1. The molecular weight excluding hydrogens is 378 g/mol. The molecule has 0 aromatic carbocycles. The quantitative estimate of drug-likeness (QED) is 0.432. The molecule has 144 valence electrons. The predicted molar refractivity (Wildman–Crippen MR) is 100 cm³/mol. The largest absolute Gasteiger partial charge is 0.460 e. The first kappa shape index (κ1) is 20.4. The zero-order valence-corrected chi connectivity index (χ0v) is 16.5. The normalized spacial score (nSPS) is 15.5. The van der Waals surface area contributed by atoms with Crippen LogP contribution in [-0.2, 0) is 14.8 Å². The fraction of sp³-hybridized carbons (Fsp3) is 0.500. The number of carbonyl (C=O) groups is 1. The van der Waals surface area contributed by atoms with E-state index >= 15 is 0 Å². The first-order valence-corrected chi connectivity index (χ1v) is 10.0. The molecule has 0 spiro atoms. The lowest BCUT2D eigenvalue weighted by atomic mass is 10.3. The van der Waals surface area contributed by atoms with Crippen LogP contribution in [0.1, 0.15) is 24.4 Å². The zero-order chi connectivity index (χ0) is 19.3. The molecule has 1 aromatic heterocycles. The van der Waals surface area contributed by atoms with Crippen LogP contribution in [0.3, 0.4) is 0 Å². The Morgan fingerprint density at radius 3 is 2.58 bits per heavy atom. The van der Waals surface area contributed by atoms with E-state index in [1.807, 2.05) is 11.8 Å². The lowest BCUT2D eigenvalue weighted by molar-refractivity contribution is 0.0483. The Hall–Kier alpha value is -1.91. The van der Waals surface area contributed by atoms with E-state index in [1.165, 1.54) is 16.4 Å². The average molecular weight is 402 g/mol. The van der Waals surface area contributed by atoms with Gasteiger partial charge < -0.3 is 19.4 Å². The van der Waals surface area contributed by atoms with Crippen molar-refractivity contribution in [1.82, 2.24) is 14.5 Å². The highest BCUT2D eigenvalue weighted by molar-refractivity contribution is 7.89. The number of sulfonamides is 1. The Morgan fingerprint density at radius 2 is 2.00 bits per heavy atom. The first-order chi connectivity index (χ1) is 12.3. The van der Waals surface area contributed by atoms with Crippen molar-refractivity contribution in [3.05, 3.63) is 30.0 Å². The van der Waals surface area contributed by atoms with Crippen molar-refractivity contribution >= 4 is 33.3 Å². The number of nitrogens with one attached hydrogen (secondary N) is 1. The van der Waals surface area contributed by atoms with Gasteiger partial charge in [-0.2, -0.15) is 4.31 Å². The first-order valence-electron chi connectivity index (χ1n) is 8.20. The predicted octanol–water partition coefficient (Wildman–Crippen LogP) is 1.21. The summed E-state index contributed by atoms with van der Waals surface area (Å²) in [5.41, 5.74) is 0.962. The molecule has 0 bridgehead atoms. The second kappa shape index (κ2) is 8.65. The van der Waals surface area contributed by atoms with E-state index < -0.39 is 16.0 Å². The summed E-state index contributed by atoms with van der Waals surface area (Å²) in [4.78, 5) is 13.5. The van der Waals surface area contributed by atoms with Crippen molar-refractivity contribution in [3.8, 4) is 0 Å². The van der Waals surface area contributed by atoms with Gasteiger partial charge in [-0.25, -0.2) is 13.2 Å². The average Bonchev–Trinajstić information content (AvgIpc) is 3.11. The van der Waals surface area contributed by atoms with Crippen molar-refractivity contribution < 1.29 is 22.4 Å². The van der Waals surface area contributed by atoms with Crippen LogP contribution in [0.5, 0.6) is 0 Å². The van der Waals surface area contributed by atoms with Crippen LogP contribution in [0.2, 0.25) is 0 Å². The summed E-state index contributed by atoms with van der Waals surface area (Å²) in [6, 6.07) is 2.57. The molecule has 10 heteroatoms. The standard InChI is InChI=1S/C16H23N3O5S2/c1-4-23-15(20)13-5-6-14(24-13)26(21,22)19-9-7-18(8-10-19)16(25)17-11-12(2)3/h5-6H,2,4,7-11H2,1,3H3,(H,17,25). The van der Waals surface area contributed by atoms with Crippen LogP contribution in [0.4, 0.5) is 0 Å². The summed E-state index contributed by atoms with van der Waals surface area (Å²) < 4.78 is 36.7. The molecule has 2 heterocycles. The van der Waals surface area contributed by atoms with E-state index in [0.29, 0.717) is 24.7 Å². The van der Waals surface area contributed by atoms with Crippen LogP contribution >= 0.6 is 12.2 Å². The molecule has 1 aliphatic rings. The van der Waals surface area contributed by atoms with Crippen molar-refractivity contribution in [1.29, 1.82) is 0 Å². The van der Waals surface area contributed by atoms with Gasteiger partial charge in [-0.1, -0.05) is 12.2 Å². The van der Waals surface area contributed by atoms with Gasteiger partial charge in [-0.15, -0.1) is 0 Å². The minimum atomic E-state index is -3.81. The number of furan rings is 1. The Bertz CT molecular complexity index is 780. The molecule has 0 saturated carbocycles. The van der Waals surface area contributed by atoms with Crippen LogP contribution in [0.25, 0.3) is 0 Å². The summed E-state index contributed by atoms with van der Waals surface area (Å²) in [6.45, 7) is 9.60. The second-order valence-electron chi connectivity index (χ2n) is 5.85. The number of rotatable bonds is 6. The van der Waals surface area contributed by atoms with Crippen LogP contribution in [0.15, 0.2) is 33.8 Å². The van der Waals surface area contributed by atoms with Crippen LogP contribution in [-0.4, -0.2) is 68.0 Å². The van der Waals surface area contributed by atoms with Gasteiger partial charge in [0.05, 0.1) is 6.61 Å². The molecule has 2 rings (SSSR count). The minimum absolute atomic E-state index is 0.130. The molecule has 0 atom stereocenters. The molecule has 1 N–H and O–H groups in total. The van der Waals surface area contributed by atoms with Gasteiger partial charge in [-0.05, 0) is 38.2 Å². The van der Waals surface area contributed by atoms with E-state index in [-0.39, 0.29) is 30.5 Å². The van der Waals surface area contributed by atoms with Crippen molar-refractivity contribution in [2.45, 2.75) is 18.9 Å². The van der Waals surface area contributed by atoms with Gasteiger partial charge in [0.1, 0.15) is 0 Å². The molecule has 1 aromatic rings. The maximum absolute atomic E-state index is 12.7. The molecule has 0 unspecified atom stereocenters.